The summed E-state index contributed by atoms with van der Waals surface area (Å²) in [6.45, 7) is 1.99. The van der Waals surface area contributed by atoms with Gasteiger partial charge >= 0.3 is 0 Å². The highest BCUT2D eigenvalue weighted by molar-refractivity contribution is 7.98. The van der Waals surface area contributed by atoms with Crippen LogP contribution in [0.1, 0.15) is 23.8 Å². The van der Waals surface area contributed by atoms with Gasteiger partial charge < -0.3 is 11.1 Å². The number of anilines is 1. The summed E-state index contributed by atoms with van der Waals surface area (Å²) in [7, 11) is 0. The van der Waals surface area contributed by atoms with E-state index in [2.05, 4.69) is 10.3 Å². The predicted molar refractivity (Wildman–Crippen MR) is 68.6 cm³/mol. The van der Waals surface area contributed by atoms with Gasteiger partial charge in [-0.3, -0.25) is 9.78 Å². The minimum absolute atomic E-state index is 0.156. The topological polar surface area (TPSA) is 68.0 Å². The van der Waals surface area contributed by atoms with Crippen molar-refractivity contribution in [1.82, 2.24) is 10.3 Å². The van der Waals surface area contributed by atoms with Crippen molar-refractivity contribution in [3.8, 4) is 0 Å². The molecule has 0 saturated carbocycles. The molecule has 0 spiro atoms. The molecular formula is C11H17N3OS. The van der Waals surface area contributed by atoms with E-state index in [1.807, 2.05) is 13.2 Å². The fourth-order valence-electron chi connectivity index (χ4n) is 1.24. The monoisotopic (exact) mass is 239 g/mol. The molecule has 1 atom stereocenters. The van der Waals surface area contributed by atoms with Gasteiger partial charge in [0.2, 0.25) is 0 Å². The summed E-state index contributed by atoms with van der Waals surface area (Å²) in [6.07, 6.45) is 4.54. The summed E-state index contributed by atoms with van der Waals surface area (Å²) in [5, 5.41) is 2.89. The highest BCUT2D eigenvalue weighted by atomic mass is 32.2. The second kappa shape index (κ2) is 6.37. The number of aromatic nitrogens is 1. The van der Waals surface area contributed by atoms with Crippen LogP contribution in [0.4, 0.5) is 5.69 Å². The van der Waals surface area contributed by atoms with Gasteiger partial charge in [-0.05, 0) is 37.5 Å². The number of amides is 1. The highest BCUT2D eigenvalue weighted by Crippen LogP contribution is 2.04. The van der Waals surface area contributed by atoms with Gasteiger partial charge in [0, 0.05) is 17.9 Å². The molecule has 16 heavy (non-hydrogen) atoms. The van der Waals surface area contributed by atoms with Crippen molar-refractivity contribution in [3.63, 3.8) is 0 Å². The number of rotatable bonds is 5. The van der Waals surface area contributed by atoms with Gasteiger partial charge in [-0.15, -0.1) is 0 Å². The van der Waals surface area contributed by atoms with Crippen molar-refractivity contribution in [1.29, 1.82) is 0 Å². The quantitative estimate of drug-likeness (QED) is 0.817. The van der Waals surface area contributed by atoms with Gasteiger partial charge in [-0.25, -0.2) is 0 Å². The lowest BCUT2D eigenvalue weighted by molar-refractivity contribution is 0.0934. The third-order valence-corrected chi connectivity index (χ3v) is 2.79. The SMILES string of the molecule is CSCCC(C)NC(=O)c1cc(N)ccn1. The minimum atomic E-state index is -0.166. The molecule has 1 unspecified atom stereocenters. The summed E-state index contributed by atoms with van der Waals surface area (Å²) in [6, 6.07) is 3.40. The maximum absolute atomic E-state index is 11.7. The largest absolute Gasteiger partial charge is 0.399 e. The zero-order valence-corrected chi connectivity index (χ0v) is 10.4. The molecule has 1 heterocycles. The maximum atomic E-state index is 11.7. The highest BCUT2D eigenvalue weighted by Gasteiger charge is 2.10. The molecule has 0 saturated heterocycles. The fourth-order valence-corrected chi connectivity index (χ4v) is 1.82. The molecule has 1 aromatic heterocycles. The first kappa shape index (κ1) is 12.8. The van der Waals surface area contributed by atoms with Crippen molar-refractivity contribution in [2.75, 3.05) is 17.7 Å². The van der Waals surface area contributed by atoms with Crippen molar-refractivity contribution in [3.05, 3.63) is 24.0 Å². The molecule has 0 aliphatic heterocycles. The molecule has 0 aromatic carbocycles. The Balaban J connectivity index is 2.52. The molecular weight excluding hydrogens is 222 g/mol. The zero-order valence-electron chi connectivity index (χ0n) is 9.56. The molecule has 0 bridgehead atoms. The van der Waals surface area contributed by atoms with Crippen LogP contribution in [0.15, 0.2) is 18.3 Å². The zero-order chi connectivity index (χ0) is 12.0. The number of carbonyl (C=O) groups is 1. The predicted octanol–water partition coefficient (Wildman–Crippen LogP) is 1.54. The van der Waals surface area contributed by atoms with Gasteiger partial charge in [0.15, 0.2) is 0 Å². The third-order valence-electron chi connectivity index (χ3n) is 2.15. The van der Waals surface area contributed by atoms with Crippen LogP contribution in [-0.4, -0.2) is 28.9 Å². The van der Waals surface area contributed by atoms with E-state index in [0.717, 1.165) is 12.2 Å². The number of hydrogen-bond donors (Lipinski definition) is 2. The standard InChI is InChI=1S/C11H17N3OS/c1-8(4-6-16-2)14-11(15)10-7-9(12)3-5-13-10/h3,5,7-8H,4,6H2,1-2H3,(H2,12,13)(H,14,15). The lowest BCUT2D eigenvalue weighted by atomic mass is 10.2. The maximum Gasteiger partial charge on any atom is 0.270 e. The van der Waals surface area contributed by atoms with Gasteiger partial charge in [0.05, 0.1) is 0 Å². The molecule has 1 aromatic rings. The smallest absolute Gasteiger partial charge is 0.270 e. The normalized spacial score (nSPS) is 12.1. The van der Waals surface area contributed by atoms with Crippen molar-refractivity contribution >= 4 is 23.4 Å². The van der Waals surface area contributed by atoms with E-state index < -0.39 is 0 Å². The number of nitrogen functional groups attached to an aromatic ring is 1. The lowest BCUT2D eigenvalue weighted by Gasteiger charge is -2.12. The summed E-state index contributed by atoms with van der Waals surface area (Å²) < 4.78 is 0. The second-order valence-corrected chi connectivity index (χ2v) is 4.62. The van der Waals surface area contributed by atoms with E-state index in [9.17, 15) is 4.79 Å². The molecule has 0 aliphatic rings. The number of pyridine rings is 1. The molecule has 5 heteroatoms. The molecule has 1 amide bonds. The van der Waals surface area contributed by atoms with Crippen molar-refractivity contribution in [2.24, 2.45) is 0 Å². The van der Waals surface area contributed by atoms with Gasteiger partial charge in [0.25, 0.3) is 5.91 Å². The third kappa shape index (κ3) is 4.10. The van der Waals surface area contributed by atoms with Crippen LogP contribution < -0.4 is 11.1 Å². The number of thioether (sulfide) groups is 1. The second-order valence-electron chi connectivity index (χ2n) is 3.63. The molecule has 88 valence electrons. The van der Waals surface area contributed by atoms with Crippen LogP contribution in [0.3, 0.4) is 0 Å². The molecule has 1 rings (SSSR count). The van der Waals surface area contributed by atoms with E-state index in [1.54, 1.807) is 23.9 Å². The van der Waals surface area contributed by atoms with Crippen molar-refractivity contribution in [2.45, 2.75) is 19.4 Å². The summed E-state index contributed by atoms with van der Waals surface area (Å²) >= 11 is 1.77. The van der Waals surface area contributed by atoms with E-state index in [-0.39, 0.29) is 11.9 Å². The summed E-state index contributed by atoms with van der Waals surface area (Å²) in [4.78, 5) is 15.7. The van der Waals surface area contributed by atoms with Crippen LogP contribution in [-0.2, 0) is 0 Å². The molecule has 4 nitrogen and oxygen atoms in total. The van der Waals surface area contributed by atoms with E-state index >= 15 is 0 Å². The number of hydrogen-bond acceptors (Lipinski definition) is 4. The van der Waals surface area contributed by atoms with Gasteiger partial charge in [-0.2, -0.15) is 11.8 Å². The Kier molecular flexibility index (Phi) is 5.11. The summed E-state index contributed by atoms with van der Waals surface area (Å²) in [5.41, 5.74) is 6.51. The number of nitrogens with zero attached hydrogens (tertiary/aromatic N) is 1. The van der Waals surface area contributed by atoms with E-state index in [0.29, 0.717) is 11.4 Å². The van der Waals surface area contributed by atoms with Crippen LogP contribution >= 0.6 is 11.8 Å². The van der Waals surface area contributed by atoms with E-state index in [4.69, 9.17) is 5.73 Å². The molecule has 0 fully saturated rings. The number of nitrogens with two attached hydrogens (primary N) is 1. The first-order valence-electron chi connectivity index (χ1n) is 5.15. The number of carbonyl (C=O) groups excluding carboxylic acids is 1. The van der Waals surface area contributed by atoms with Crippen LogP contribution in [0, 0.1) is 0 Å². The minimum Gasteiger partial charge on any atom is -0.399 e. The Morgan fingerprint density at radius 2 is 2.44 bits per heavy atom. The van der Waals surface area contributed by atoms with Gasteiger partial charge in [0.1, 0.15) is 5.69 Å². The Labute approximate surface area is 100 Å². The van der Waals surface area contributed by atoms with Crippen molar-refractivity contribution < 1.29 is 4.79 Å². The fraction of sp³-hybridized carbons (Fsp3) is 0.455. The first-order valence-corrected chi connectivity index (χ1v) is 6.54. The molecule has 0 radical (unpaired) electrons. The average molecular weight is 239 g/mol. The van der Waals surface area contributed by atoms with Gasteiger partial charge in [-0.1, -0.05) is 0 Å². The Bertz CT molecular complexity index is 357. The van der Waals surface area contributed by atoms with Crippen LogP contribution in [0.2, 0.25) is 0 Å². The van der Waals surface area contributed by atoms with Crippen LogP contribution in [0.5, 0.6) is 0 Å². The molecule has 3 N–H and O–H groups in total. The Morgan fingerprint density at radius 1 is 1.69 bits per heavy atom. The lowest BCUT2D eigenvalue weighted by Crippen LogP contribution is -2.33. The first-order chi connectivity index (χ1) is 7.63. The van der Waals surface area contributed by atoms with Crippen LogP contribution in [0.25, 0.3) is 0 Å². The number of nitrogens with one attached hydrogen (secondary N) is 1. The summed E-state index contributed by atoms with van der Waals surface area (Å²) in [5.74, 6) is 0.868. The Morgan fingerprint density at radius 3 is 3.06 bits per heavy atom. The average Bonchev–Trinajstić information content (AvgIpc) is 2.26. The molecule has 0 aliphatic carbocycles. The Hall–Kier alpha value is -1.23. The van der Waals surface area contributed by atoms with E-state index in [1.165, 1.54) is 6.20 Å².